The lowest BCUT2D eigenvalue weighted by molar-refractivity contribution is 0.412. The summed E-state index contributed by atoms with van der Waals surface area (Å²) in [7, 11) is 1.66. The molecule has 1 heterocycles. The monoisotopic (exact) mass is 268 g/mol. The second-order valence-corrected chi connectivity index (χ2v) is 4.44. The average molecular weight is 269 g/mol. The molecule has 1 atom stereocenters. The van der Waals surface area contributed by atoms with E-state index in [1.165, 1.54) is 0 Å². The molecule has 1 aromatic carbocycles. The number of amidine groups is 1. The molecule has 80 valence electrons. The zero-order chi connectivity index (χ0) is 10.8. The molecule has 0 saturated carbocycles. The Morgan fingerprint density at radius 1 is 1.53 bits per heavy atom. The fourth-order valence-corrected chi connectivity index (χ4v) is 2.08. The Balaban J connectivity index is 2.27. The zero-order valence-corrected chi connectivity index (χ0v) is 10.3. The minimum atomic E-state index is 0.431. The maximum Gasteiger partial charge on any atom is 0.133 e. The van der Waals surface area contributed by atoms with Gasteiger partial charge in [-0.3, -0.25) is 4.99 Å². The molecule has 3 nitrogen and oxygen atoms in total. The van der Waals surface area contributed by atoms with E-state index in [9.17, 15) is 0 Å². The third kappa shape index (κ3) is 2.15. The minimum absolute atomic E-state index is 0.431. The maximum atomic E-state index is 5.18. The predicted octanol–water partition coefficient (Wildman–Crippen LogP) is 2.20. The molecule has 1 aliphatic heterocycles. The lowest BCUT2D eigenvalue weighted by atomic mass is 10.2. The molecule has 15 heavy (non-hydrogen) atoms. The number of benzene rings is 1. The van der Waals surface area contributed by atoms with Gasteiger partial charge in [-0.05, 0) is 41.1 Å². The van der Waals surface area contributed by atoms with Crippen LogP contribution in [0.4, 0.5) is 0 Å². The minimum Gasteiger partial charge on any atom is -0.496 e. The van der Waals surface area contributed by atoms with Gasteiger partial charge in [0.05, 0.1) is 18.1 Å². The van der Waals surface area contributed by atoms with Gasteiger partial charge in [-0.1, -0.05) is 0 Å². The number of ether oxygens (including phenoxy) is 1. The molecule has 4 heteroatoms. The van der Waals surface area contributed by atoms with Gasteiger partial charge >= 0.3 is 0 Å². The van der Waals surface area contributed by atoms with Gasteiger partial charge in [-0.2, -0.15) is 0 Å². The van der Waals surface area contributed by atoms with Gasteiger partial charge in [0.15, 0.2) is 0 Å². The Kier molecular flexibility index (Phi) is 2.95. The Morgan fingerprint density at radius 3 is 2.87 bits per heavy atom. The van der Waals surface area contributed by atoms with Crippen molar-refractivity contribution in [3.8, 4) is 5.75 Å². The first-order chi connectivity index (χ1) is 7.20. The van der Waals surface area contributed by atoms with E-state index in [-0.39, 0.29) is 0 Å². The lowest BCUT2D eigenvalue weighted by Gasteiger charge is -2.08. The quantitative estimate of drug-likeness (QED) is 0.893. The smallest absolute Gasteiger partial charge is 0.133 e. The number of rotatable bonds is 2. The van der Waals surface area contributed by atoms with Gasteiger partial charge in [0.1, 0.15) is 11.6 Å². The summed E-state index contributed by atoms with van der Waals surface area (Å²) in [5.74, 6) is 1.80. The van der Waals surface area contributed by atoms with Crippen molar-refractivity contribution in [3.63, 3.8) is 0 Å². The number of hydrogen-bond donors (Lipinski definition) is 1. The Morgan fingerprint density at radius 2 is 2.33 bits per heavy atom. The molecular weight excluding hydrogens is 256 g/mol. The second-order valence-electron chi connectivity index (χ2n) is 3.58. The lowest BCUT2D eigenvalue weighted by Crippen LogP contribution is -2.27. The molecule has 0 spiro atoms. The van der Waals surface area contributed by atoms with Crippen LogP contribution in [0.5, 0.6) is 5.75 Å². The van der Waals surface area contributed by atoms with Crippen LogP contribution in [0, 0.1) is 0 Å². The van der Waals surface area contributed by atoms with Crippen LogP contribution in [0.15, 0.2) is 27.7 Å². The number of hydrogen-bond acceptors (Lipinski definition) is 3. The fraction of sp³-hybridized carbons (Fsp3) is 0.364. The fourth-order valence-electron chi connectivity index (χ4n) is 1.54. The van der Waals surface area contributed by atoms with Crippen LogP contribution in [0.1, 0.15) is 12.5 Å². The third-order valence-corrected chi connectivity index (χ3v) is 2.95. The molecule has 0 radical (unpaired) electrons. The van der Waals surface area contributed by atoms with Gasteiger partial charge < -0.3 is 10.1 Å². The molecule has 1 aromatic rings. The highest BCUT2D eigenvalue weighted by Gasteiger charge is 2.14. The number of nitrogens with one attached hydrogen (secondary N) is 1. The molecule has 0 fully saturated rings. The van der Waals surface area contributed by atoms with Crippen LogP contribution < -0.4 is 10.1 Å². The number of nitrogens with zero attached hydrogens (tertiary/aromatic N) is 1. The highest BCUT2D eigenvalue weighted by atomic mass is 79.9. The maximum absolute atomic E-state index is 5.18. The standard InChI is InChI=1S/C11H13BrN2O/c1-7-6-13-11(14-7)8-3-4-10(15-2)9(12)5-8/h3-5,7H,6H2,1-2H3,(H,13,14). The summed E-state index contributed by atoms with van der Waals surface area (Å²) in [4.78, 5) is 4.43. The van der Waals surface area contributed by atoms with E-state index in [1.807, 2.05) is 18.2 Å². The van der Waals surface area contributed by atoms with Gasteiger partial charge in [-0.25, -0.2) is 0 Å². The summed E-state index contributed by atoms with van der Waals surface area (Å²) in [6.45, 7) is 2.97. The van der Waals surface area contributed by atoms with Crippen molar-refractivity contribution < 1.29 is 4.74 Å². The summed E-state index contributed by atoms with van der Waals surface area (Å²) >= 11 is 3.46. The first-order valence-electron chi connectivity index (χ1n) is 4.85. The Labute approximate surface area is 97.7 Å². The van der Waals surface area contributed by atoms with Gasteiger partial charge in [-0.15, -0.1) is 0 Å². The van der Waals surface area contributed by atoms with Crippen molar-refractivity contribution in [1.82, 2.24) is 5.32 Å². The summed E-state index contributed by atoms with van der Waals surface area (Å²) in [5, 5.41) is 3.32. The van der Waals surface area contributed by atoms with E-state index in [0.717, 1.165) is 28.2 Å². The van der Waals surface area contributed by atoms with Crippen LogP contribution in [-0.4, -0.2) is 25.5 Å². The molecule has 0 bridgehead atoms. The van der Waals surface area contributed by atoms with Crippen LogP contribution in [-0.2, 0) is 0 Å². The molecule has 0 aliphatic carbocycles. The van der Waals surface area contributed by atoms with Crippen molar-refractivity contribution in [2.75, 3.05) is 13.7 Å². The molecule has 0 aromatic heterocycles. The van der Waals surface area contributed by atoms with E-state index >= 15 is 0 Å². The van der Waals surface area contributed by atoms with Gasteiger partial charge in [0.2, 0.25) is 0 Å². The predicted molar refractivity (Wildman–Crippen MR) is 64.7 cm³/mol. The van der Waals surface area contributed by atoms with E-state index in [4.69, 9.17) is 4.74 Å². The number of aliphatic imine (C=N–C) groups is 1. The van der Waals surface area contributed by atoms with Crippen molar-refractivity contribution >= 4 is 21.8 Å². The molecule has 2 rings (SSSR count). The topological polar surface area (TPSA) is 33.6 Å². The SMILES string of the molecule is COc1ccc(C2=NCC(C)N2)cc1Br. The molecular formula is C11H13BrN2O. The van der Waals surface area contributed by atoms with Crippen molar-refractivity contribution in [1.29, 1.82) is 0 Å². The van der Waals surface area contributed by atoms with Crippen LogP contribution in [0.2, 0.25) is 0 Å². The summed E-state index contributed by atoms with van der Waals surface area (Å²) in [6, 6.07) is 6.39. The summed E-state index contributed by atoms with van der Waals surface area (Å²) < 4.78 is 6.13. The zero-order valence-electron chi connectivity index (χ0n) is 8.75. The largest absolute Gasteiger partial charge is 0.496 e. The first kappa shape index (κ1) is 10.5. The summed E-state index contributed by atoms with van der Waals surface area (Å²) in [5.41, 5.74) is 1.09. The van der Waals surface area contributed by atoms with Crippen molar-refractivity contribution in [2.45, 2.75) is 13.0 Å². The highest BCUT2D eigenvalue weighted by molar-refractivity contribution is 9.10. The molecule has 1 N–H and O–H groups in total. The first-order valence-corrected chi connectivity index (χ1v) is 5.65. The van der Waals surface area contributed by atoms with Crippen LogP contribution in [0.3, 0.4) is 0 Å². The number of halogens is 1. The van der Waals surface area contributed by atoms with Crippen LogP contribution >= 0.6 is 15.9 Å². The highest BCUT2D eigenvalue weighted by Crippen LogP contribution is 2.25. The van der Waals surface area contributed by atoms with Crippen molar-refractivity contribution in [2.24, 2.45) is 4.99 Å². The second kappa shape index (κ2) is 4.23. The third-order valence-electron chi connectivity index (χ3n) is 2.33. The van der Waals surface area contributed by atoms with Gasteiger partial charge in [0, 0.05) is 11.6 Å². The number of methoxy groups -OCH3 is 1. The molecule has 0 saturated heterocycles. The normalized spacial score (nSPS) is 19.7. The summed E-state index contributed by atoms with van der Waals surface area (Å²) in [6.07, 6.45) is 0. The van der Waals surface area contributed by atoms with E-state index in [1.54, 1.807) is 7.11 Å². The van der Waals surface area contributed by atoms with E-state index < -0.39 is 0 Å². The molecule has 0 amide bonds. The van der Waals surface area contributed by atoms with E-state index in [0.29, 0.717) is 6.04 Å². The molecule has 1 aliphatic rings. The van der Waals surface area contributed by atoms with Crippen molar-refractivity contribution in [3.05, 3.63) is 28.2 Å². The van der Waals surface area contributed by atoms with Gasteiger partial charge in [0.25, 0.3) is 0 Å². The molecule has 1 unspecified atom stereocenters. The Bertz CT molecular complexity index is 404. The van der Waals surface area contributed by atoms with Crippen LogP contribution in [0.25, 0.3) is 0 Å². The Hall–Kier alpha value is -1.03. The van der Waals surface area contributed by atoms with E-state index in [2.05, 4.69) is 33.2 Å². The average Bonchev–Trinajstić information content (AvgIpc) is 2.65.